The van der Waals surface area contributed by atoms with Crippen molar-refractivity contribution in [1.29, 1.82) is 0 Å². The SMILES string of the molecule is CC(=O)c1cn(CC(=O)N2C[C@H](F)C[C@H]2C(=O)CCc2cc(P(=O)(O)O)cc(Cl)c2F)c2ccccc12. The van der Waals surface area contributed by atoms with Crippen molar-refractivity contribution in [2.45, 2.75) is 44.9 Å². The highest BCUT2D eigenvalue weighted by molar-refractivity contribution is 7.60. The van der Waals surface area contributed by atoms with Crippen LogP contribution < -0.4 is 5.30 Å². The number of halogens is 3. The Morgan fingerprint density at radius 2 is 1.89 bits per heavy atom. The van der Waals surface area contributed by atoms with Crippen molar-refractivity contribution in [2.24, 2.45) is 0 Å². The van der Waals surface area contributed by atoms with Crippen molar-refractivity contribution in [3.8, 4) is 0 Å². The van der Waals surface area contributed by atoms with Crippen molar-refractivity contribution in [1.82, 2.24) is 9.47 Å². The summed E-state index contributed by atoms with van der Waals surface area (Å²) in [6.45, 7) is 0.934. The van der Waals surface area contributed by atoms with Gasteiger partial charge < -0.3 is 19.3 Å². The highest BCUT2D eigenvalue weighted by Crippen LogP contribution is 2.35. The van der Waals surface area contributed by atoms with E-state index in [0.29, 0.717) is 16.5 Å². The lowest BCUT2D eigenvalue weighted by Crippen LogP contribution is -2.42. The molecule has 1 fully saturated rings. The highest BCUT2D eigenvalue weighted by Gasteiger charge is 2.39. The Bertz CT molecular complexity index is 1450. The van der Waals surface area contributed by atoms with Gasteiger partial charge in [0.15, 0.2) is 11.6 Å². The van der Waals surface area contributed by atoms with E-state index in [4.69, 9.17) is 11.6 Å². The first-order valence-electron chi connectivity index (χ1n) is 11.5. The Kier molecular flexibility index (Phi) is 7.67. The van der Waals surface area contributed by atoms with Crippen molar-refractivity contribution in [3.05, 3.63) is 64.6 Å². The smallest absolute Gasteiger partial charge is 0.337 e. The predicted molar refractivity (Wildman–Crippen MR) is 133 cm³/mol. The van der Waals surface area contributed by atoms with Gasteiger partial charge in [0.2, 0.25) is 5.91 Å². The second kappa shape index (κ2) is 10.5. The number of benzene rings is 2. The van der Waals surface area contributed by atoms with Gasteiger partial charge >= 0.3 is 7.60 Å². The van der Waals surface area contributed by atoms with Gasteiger partial charge in [0, 0.05) is 35.5 Å². The van der Waals surface area contributed by atoms with Gasteiger partial charge in [-0.3, -0.25) is 18.9 Å². The first-order valence-corrected chi connectivity index (χ1v) is 13.4. The first kappa shape index (κ1) is 27.1. The van der Waals surface area contributed by atoms with Crippen LogP contribution in [0.2, 0.25) is 5.02 Å². The fourth-order valence-corrected chi connectivity index (χ4v) is 5.60. The summed E-state index contributed by atoms with van der Waals surface area (Å²) < 4.78 is 41.9. The maximum absolute atomic E-state index is 14.4. The molecule has 0 radical (unpaired) electrons. The molecule has 3 aromatic rings. The Morgan fingerprint density at radius 1 is 1.19 bits per heavy atom. The number of ketones is 2. The molecule has 4 rings (SSSR count). The number of para-hydroxylation sites is 1. The number of alkyl halides is 1. The predicted octanol–water partition coefficient (Wildman–Crippen LogP) is 3.58. The zero-order valence-electron chi connectivity index (χ0n) is 19.7. The van der Waals surface area contributed by atoms with Gasteiger partial charge in [-0.2, -0.15) is 0 Å². The van der Waals surface area contributed by atoms with Crippen LogP contribution in [0.4, 0.5) is 8.78 Å². The summed E-state index contributed by atoms with van der Waals surface area (Å²) in [5.41, 5.74) is 0.929. The van der Waals surface area contributed by atoms with E-state index in [-0.39, 0.29) is 43.7 Å². The zero-order chi connectivity index (χ0) is 27.1. The quantitative estimate of drug-likeness (QED) is 0.326. The lowest BCUT2D eigenvalue weighted by Gasteiger charge is -2.24. The molecular formula is C25H24ClF2N2O6P. The van der Waals surface area contributed by atoms with Gasteiger partial charge in [-0.1, -0.05) is 29.8 Å². The average molecular weight is 553 g/mol. The molecule has 0 saturated carbocycles. The summed E-state index contributed by atoms with van der Waals surface area (Å²) >= 11 is 5.76. The second-order valence-corrected chi connectivity index (χ2v) is 11.1. The summed E-state index contributed by atoms with van der Waals surface area (Å²) in [6.07, 6.45) is -0.596. The molecule has 37 heavy (non-hydrogen) atoms. The van der Waals surface area contributed by atoms with E-state index in [2.05, 4.69) is 0 Å². The van der Waals surface area contributed by atoms with Gasteiger partial charge in [-0.25, -0.2) is 8.78 Å². The number of amides is 1. The van der Waals surface area contributed by atoms with E-state index in [0.717, 1.165) is 17.0 Å². The molecule has 1 aliphatic rings. The van der Waals surface area contributed by atoms with Crippen LogP contribution in [0.3, 0.4) is 0 Å². The third-order valence-electron chi connectivity index (χ3n) is 6.48. The second-order valence-electron chi connectivity index (χ2n) is 9.05. The van der Waals surface area contributed by atoms with E-state index >= 15 is 0 Å². The van der Waals surface area contributed by atoms with Crippen LogP contribution in [0.15, 0.2) is 42.6 Å². The zero-order valence-corrected chi connectivity index (χ0v) is 21.4. The van der Waals surface area contributed by atoms with E-state index in [1.807, 2.05) is 0 Å². The number of fused-ring (bicyclic) bond motifs is 1. The molecule has 0 unspecified atom stereocenters. The molecule has 1 amide bonds. The van der Waals surface area contributed by atoms with Crippen LogP contribution in [0, 0.1) is 5.82 Å². The molecule has 1 saturated heterocycles. The van der Waals surface area contributed by atoms with Crippen LogP contribution >= 0.6 is 19.2 Å². The van der Waals surface area contributed by atoms with Gasteiger partial charge in [0.25, 0.3) is 0 Å². The number of aromatic nitrogens is 1. The van der Waals surface area contributed by atoms with Crippen molar-refractivity contribution in [3.63, 3.8) is 0 Å². The summed E-state index contributed by atoms with van der Waals surface area (Å²) in [7, 11) is -4.71. The number of hydrogen-bond acceptors (Lipinski definition) is 4. The van der Waals surface area contributed by atoms with Crippen LogP contribution in [0.25, 0.3) is 10.9 Å². The van der Waals surface area contributed by atoms with Crippen LogP contribution in [-0.2, 0) is 27.1 Å². The third-order valence-corrected chi connectivity index (χ3v) is 7.69. The molecule has 0 bridgehead atoms. The lowest BCUT2D eigenvalue weighted by molar-refractivity contribution is -0.138. The monoisotopic (exact) mass is 552 g/mol. The molecule has 1 aliphatic heterocycles. The first-order chi connectivity index (χ1) is 17.4. The highest BCUT2D eigenvalue weighted by atomic mass is 35.5. The number of rotatable bonds is 8. The van der Waals surface area contributed by atoms with Crippen molar-refractivity contribution in [2.75, 3.05) is 6.54 Å². The fraction of sp³-hybridized carbons (Fsp3) is 0.320. The number of nitrogens with zero attached hydrogens (tertiary/aromatic N) is 2. The Morgan fingerprint density at radius 3 is 2.57 bits per heavy atom. The molecule has 8 nitrogen and oxygen atoms in total. The largest absolute Gasteiger partial charge is 0.356 e. The number of likely N-dealkylation sites (tertiary alicyclic amines) is 1. The Balaban J connectivity index is 1.51. The van der Waals surface area contributed by atoms with Gasteiger partial charge in [0.1, 0.15) is 18.5 Å². The standard InChI is InChI=1S/C25H24ClF2N2O6P/c1-14(31)19-12-29(21-5-3-2-4-18(19)21)13-24(33)30-11-16(27)9-22(30)23(32)7-6-15-8-17(37(34,35)36)10-20(26)25(15)28/h2-5,8,10,12,16,22H,6-7,9,11,13H2,1H3,(H2,34,35,36)/t16-,22+/m1/s1. The van der Waals surface area contributed by atoms with E-state index < -0.39 is 47.6 Å². The Hall–Kier alpha value is -2.91. The normalized spacial score (nSPS) is 17.9. The van der Waals surface area contributed by atoms with Crippen molar-refractivity contribution < 1.29 is 37.5 Å². The van der Waals surface area contributed by atoms with Gasteiger partial charge in [-0.15, -0.1) is 0 Å². The lowest BCUT2D eigenvalue weighted by atomic mass is 10.0. The van der Waals surface area contributed by atoms with Gasteiger partial charge in [0.05, 0.1) is 22.9 Å². The number of aryl methyl sites for hydroxylation is 1. The number of carbonyl (C=O) groups excluding carboxylic acids is 3. The molecule has 2 atom stereocenters. The minimum absolute atomic E-state index is 0.164. The molecule has 2 N–H and O–H groups in total. The van der Waals surface area contributed by atoms with Gasteiger partial charge in [-0.05, 0) is 37.1 Å². The summed E-state index contributed by atoms with van der Waals surface area (Å²) in [5.74, 6) is -2.09. The topological polar surface area (TPSA) is 117 Å². The summed E-state index contributed by atoms with van der Waals surface area (Å²) in [4.78, 5) is 58.1. The van der Waals surface area contributed by atoms with Crippen LogP contribution in [0.5, 0.6) is 0 Å². The third kappa shape index (κ3) is 5.67. The molecule has 12 heteroatoms. The average Bonchev–Trinajstić information content (AvgIpc) is 3.40. The molecule has 1 aromatic heterocycles. The Labute approximate surface area is 216 Å². The minimum Gasteiger partial charge on any atom is -0.337 e. The maximum Gasteiger partial charge on any atom is 0.356 e. The molecule has 0 spiro atoms. The molecular weight excluding hydrogens is 529 g/mol. The maximum atomic E-state index is 14.4. The van der Waals surface area contributed by atoms with E-state index in [1.54, 1.807) is 35.0 Å². The summed E-state index contributed by atoms with van der Waals surface area (Å²) in [6, 6.07) is 7.77. The van der Waals surface area contributed by atoms with E-state index in [9.17, 15) is 37.5 Å². The fourth-order valence-electron chi connectivity index (χ4n) is 4.66. The number of hydrogen-bond donors (Lipinski definition) is 2. The molecule has 196 valence electrons. The molecule has 0 aliphatic carbocycles. The van der Waals surface area contributed by atoms with E-state index in [1.165, 1.54) is 6.92 Å². The minimum atomic E-state index is -4.71. The van der Waals surface area contributed by atoms with Crippen LogP contribution in [0.1, 0.15) is 35.7 Å². The number of carbonyl (C=O) groups is 3. The number of Topliss-reactive ketones (excluding diaryl/α,β-unsaturated/α-hetero) is 2. The molecule has 2 heterocycles. The van der Waals surface area contributed by atoms with Crippen LogP contribution in [-0.4, -0.2) is 55.5 Å². The van der Waals surface area contributed by atoms with Crippen molar-refractivity contribution >= 4 is 52.9 Å². The molecule has 2 aromatic carbocycles. The summed E-state index contributed by atoms with van der Waals surface area (Å²) in [5, 5.41) is -0.293.